The lowest BCUT2D eigenvalue weighted by atomic mass is 10.5. The second-order valence-electron chi connectivity index (χ2n) is 2.25. The van der Waals surface area contributed by atoms with E-state index >= 15 is 0 Å². The van der Waals surface area contributed by atoms with Crippen LogP contribution >= 0.6 is 0 Å². The molecule has 0 saturated carbocycles. The maximum atomic E-state index is 11.2. The molecular weight excluding hydrogens is 172 g/mol. The summed E-state index contributed by atoms with van der Waals surface area (Å²) < 4.78 is 14.4. The highest BCUT2D eigenvalue weighted by Gasteiger charge is 2.13. The van der Waals surface area contributed by atoms with Gasteiger partial charge in [-0.05, 0) is 12.1 Å². The van der Waals surface area contributed by atoms with E-state index in [2.05, 4.69) is 6.58 Å². The molecule has 0 aromatic carbocycles. The fraction of sp³-hybridized carbons (Fsp3) is 0.222. The van der Waals surface area contributed by atoms with Gasteiger partial charge in [0.25, 0.3) is 0 Å². The zero-order chi connectivity index (χ0) is 9.68. The molecule has 0 bridgehead atoms. The summed E-state index contributed by atoms with van der Waals surface area (Å²) in [6.45, 7) is 4.92. The van der Waals surface area contributed by atoms with Gasteiger partial charge in [0.05, 0.1) is 12.5 Å². The van der Waals surface area contributed by atoms with E-state index in [0.29, 0.717) is 0 Å². The van der Waals surface area contributed by atoms with Gasteiger partial charge in [0.2, 0.25) is 12.1 Å². The molecule has 0 aliphatic heterocycles. The number of ether oxygens (including phenoxy) is 2. The fourth-order valence-electron chi connectivity index (χ4n) is 0.767. The molecule has 1 unspecified atom stereocenters. The minimum absolute atomic E-state index is 0.152. The predicted octanol–water partition coefficient (Wildman–Crippen LogP) is 1.94. The SMILES string of the molecule is C=COC(C)OC(=O)c1ccco1. The Morgan fingerprint density at radius 2 is 2.54 bits per heavy atom. The van der Waals surface area contributed by atoms with E-state index in [9.17, 15) is 4.79 Å². The van der Waals surface area contributed by atoms with Crippen molar-refractivity contribution in [3.05, 3.63) is 37.0 Å². The van der Waals surface area contributed by atoms with Crippen LogP contribution in [0.3, 0.4) is 0 Å². The molecule has 1 rings (SSSR count). The Morgan fingerprint density at radius 3 is 3.08 bits per heavy atom. The normalized spacial score (nSPS) is 11.8. The number of hydrogen-bond acceptors (Lipinski definition) is 4. The average molecular weight is 182 g/mol. The molecule has 0 amide bonds. The van der Waals surface area contributed by atoms with E-state index in [-0.39, 0.29) is 5.76 Å². The molecule has 0 aliphatic rings. The second-order valence-corrected chi connectivity index (χ2v) is 2.25. The molecule has 1 aromatic heterocycles. The summed E-state index contributed by atoms with van der Waals surface area (Å²) in [4.78, 5) is 11.2. The maximum absolute atomic E-state index is 11.2. The molecule has 0 saturated heterocycles. The highest BCUT2D eigenvalue weighted by Crippen LogP contribution is 2.05. The first kappa shape index (κ1) is 9.38. The van der Waals surface area contributed by atoms with Gasteiger partial charge in [-0.15, -0.1) is 0 Å². The molecule has 0 aliphatic carbocycles. The zero-order valence-electron chi connectivity index (χ0n) is 7.23. The van der Waals surface area contributed by atoms with Gasteiger partial charge in [-0.1, -0.05) is 6.58 Å². The van der Waals surface area contributed by atoms with Crippen molar-refractivity contribution in [3.8, 4) is 0 Å². The first-order valence-corrected chi connectivity index (χ1v) is 3.75. The third kappa shape index (κ3) is 2.66. The summed E-state index contributed by atoms with van der Waals surface area (Å²) in [5, 5.41) is 0. The van der Waals surface area contributed by atoms with Crippen LogP contribution in [0.25, 0.3) is 0 Å². The third-order valence-corrected chi connectivity index (χ3v) is 1.28. The van der Waals surface area contributed by atoms with Crippen molar-refractivity contribution >= 4 is 5.97 Å². The number of rotatable bonds is 4. The van der Waals surface area contributed by atoms with Gasteiger partial charge in [0.1, 0.15) is 0 Å². The number of esters is 1. The maximum Gasteiger partial charge on any atom is 0.377 e. The Labute approximate surface area is 75.7 Å². The topological polar surface area (TPSA) is 48.7 Å². The van der Waals surface area contributed by atoms with Gasteiger partial charge in [-0.25, -0.2) is 4.79 Å². The Morgan fingerprint density at radius 1 is 1.77 bits per heavy atom. The largest absolute Gasteiger partial charge is 0.463 e. The van der Waals surface area contributed by atoms with Crippen molar-refractivity contribution < 1.29 is 18.7 Å². The predicted molar refractivity (Wildman–Crippen MR) is 44.9 cm³/mol. The standard InChI is InChI=1S/C9H10O4/c1-3-11-7(2)13-9(10)8-5-4-6-12-8/h3-7H,1H2,2H3. The van der Waals surface area contributed by atoms with Gasteiger partial charge in [-0.3, -0.25) is 0 Å². The van der Waals surface area contributed by atoms with Gasteiger partial charge in [0, 0.05) is 6.92 Å². The van der Waals surface area contributed by atoms with Gasteiger partial charge in [-0.2, -0.15) is 0 Å². The fourth-order valence-corrected chi connectivity index (χ4v) is 0.767. The van der Waals surface area contributed by atoms with Gasteiger partial charge >= 0.3 is 5.97 Å². The number of furan rings is 1. The highest BCUT2D eigenvalue weighted by atomic mass is 16.7. The number of carbonyl (C=O) groups excluding carboxylic acids is 1. The van der Waals surface area contributed by atoms with Gasteiger partial charge in [0.15, 0.2) is 0 Å². The Hall–Kier alpha value is -1.71. The van der Waals surface area contributed by atoms with Crippen molar-refractivity contribution in [2.45, 2.75) is 13.2 Å². The summed E-state index contributed by atoms with van der Waals surface area (Å²) in [7, 11) is 0. The zero-order valence-corrected chi connectivity index (χ0v) is 7.23. The molecule has 1 aromatic rings. The molecule has 13 heavy (non-hydrogen) atoms. The average Bonchev–Trinajstić information content (AvgIpc) is 2.55. The van der Waals surface area contributed by atoms with E-state index in [4.69, 9.17) is 13.9 Å². The van der Waals surface area contributed by atoms with Crippen LogP contribution in [-0.4, -0.2) is 12.3 Å². The van der Waals surface area contributed by atoms with Crippen LogP contribution in [0.1, 0.15) is 17.5 Å². The summed E-state index contributed by atoms with van der Waals surface area (Å²) in [5.74, 6) is -0.404. The first-order chi connectivity index (χ1) is 6.24. The van der Waals surface area contributed by atoms with Crippen LogP contribution in [-0.2, 0) is 9.47 Å². The number of carbonyl (C=O) groups is 1. The Balaban J connectivity index is 2.46. The van der Waals surface area contributed by atoms with E-state index in [1.165, 1.54) is 18.6 Å². The lowest BCUT2D eigenvalue weighted by molar-refractivity contribution is -0.0617. The van der Waals surface area contributed by atoms with Crippen LogP contribution in [0.2, 0.25) is 0 Å². The highest BCUT2D eigenvalue weighted by molar-refractivity contribution is 5.86. The van der Waals surface area contributed by atoms with E-state index in [1.807, 2.05) is 0 Å². The molecule has 1 heterocycles. The van der Waals surface area contributed by atoms with Crippen molar-refractivity contribution in [2.24, 2.45) is 0 Å². The van der Waals surface area contributed by atoms with Crippen molar-refractivity contribution in [1.29, 1.82) is 0 Å². The molecule has 0 spiro atoms. The van der Waals surface area contributed by atoms with Crippen molar-refractivity contribution in [3.63, 3.8) is 0 Å². The minimum atomic E-state index is -0.657. The summed E-state index contributed by atoms with van der Waals surface area (Å²) in [6, 6.07) is 3.12. The smallest absolute Gasteiger partial charge is 0.377 e. The van der Waals surface area contributed by atoms with Crippen LogP contribution in [0, 0.1) is 0 Å². The van der Waals surface area contributed by atoms with Crippen molar-refractivity contribution in [2.75, 3.05) is 0 Å². The van der Waals surface area contributed by atoms with Crippen LogP contribution in [0.4, 0.5) is 0 Å². The molecule has 4 nitrogen and oxygen atoms in total. The lowest BCUT2D eigenvalue weighted by Crippen LogP contribution is -2.15. The Bertz CT molecular complexity index is 276. The van der Waals surface area contributed by atoms with E-state index in [1.54, 1.807) is 13.0 Å². The van der Waals surface area contributed by atoms with Crippen LogP contribution < -0.4 is 0 Å². The minimum Gasteiger partial charge on any atom is -0.463 e. The molecule has 1 atom stereocenters. The molecule has 70 valence electrons. The third-order valence-electron chi connectivity index (χ3n) is 1.28. The molecule has 0 N–H and O–H groups in total. The number of hydrogen-bond donors (Lipinski definition) is 0. The first-order valence-electron chi connectivity index (χ1n) is 3.75. The van der Waals surface area contributed by atoms with Crippen LogP contribution in [0.15, 0.2) is 35.7 Å². The monoisotopic (exact) mass is 182 g/mol. The molecular formula is C9H10O4. The van der Waals surface area contributed by atoms with Gasteiger partial charge < -0.3 is 13.9 Å². The van der Waals surface area contributed by atoms with E-state index < -0.39 is 12.3 Å². The molecule has 0 fully saturated rings. The second kappa shape index (κ2) is 4.35. The molecule has 4 heteroatoms. The quantitative estimate of drug-likeness (QED) is 0.405. The molecule has 0 radical (unpaired) electrons. The van der Waals surface area contributed by atoms with E-state index in [0.717, 1.165) is 0 Å². The summed E-state index contributed by atoms with van der Waals surface area (Å²) in [6.07, 6.45) is 1.95. The lowest BCUT2D eigenvalue weighted by Gasteiger charge is -2.10. The summed E-state index contributed by atoms with van der Waals surface area (Å²) >= 11 is 0. The summed E-state index contributed by atoms with van der Waals surface area (Å²) in [5.41, 5.74) is 0. The Kier molecular flexibility index (Phi) is 3.14. The van der Waals surface area contributed by atoms with Crippen LogP contribution in [0.5, 0.6) is 0 Å². The van der Waals surface area contributed by atoms with Crippen molar-refractivity contribution in [1.82, 2.24) is 0 Å².